The topological polar surface area (TPSA) is 76.2 Å². The van der Waals surface area contributed by atoms with Crippen LogP contribution in [0.25, 0.3) is 0 Å². The van der Waals surface area contributed by atoms with Gasteiger partial charge in [-0.1, -0.05) is 18.1 Å². The highest BCUT2D eigenvalue weighted by Gasteiger charge is 2.29. The van der Waals surface area contributed by atoms with Gasteiger partial charge in [0, 0.05) is 13.1 Å². The highest BCUT2D eigenvalue weighted by molar-refractivity contribution is 5.88. The van der Waals surface area contributed by atoms with Crippen LogP contribution < -0.4 is 5.32 Å². The molecule has 1 atom stereocenters. The van der Waals surface area contributed by atoms with Crippen LogP contribution in [0.15, 0.2) is 29.0 Å². The lowest BCUT2D eigenvalue weighted by Crippen LogP contribution is -2.38. The van der Waals surface area contributed by atoms with Gasteiger partial charge >= 0.3 is 6.03 Å². The number of rotatable bonds is 3. The predicted molar refractivity (Wildman–Crippen MR) is 81.3 cm³/mol. The number of amides is 2. The Morgan fingerprint density at radius 1 is 1.45 bits per heavy atom. The van der Waals surface area contributed by atoms with Gasteiger partial charge in [0.15, 0.2) is 5.82 Å². The molecule has 1 aliphatic heterocycles. The first-order valence-corrected chi connectivity index (χ1v) is 7.79. The summed E-state index contributed by atoms with van der Waals surface area (Å²) < 4.78 is 7.21. The average Bonchev–Trinajstić information content (AvgIpc) is 3.14. The number of carbonyl (C=O) groups is 1. The molecule has 3 rings (SSSR count). The van der Waals surface area contributed by atoms with Crippen LogP contribution in [-0.2, 0) is 6.54 Å². The number of hydrogen-bond donors (Lipinski definition) is 1. The molecule has 0 saturated carbocycles. The molecule has 1 fully saturated rings. The molecule has 1 aliphatic rings. The number of anilines is 1. The molecule has 0 radical (unpaired) electrons. The van der Waals surface area contributed by atoms with Gasteiger partial charge in [-0.25, -0.2) is 4.79 Å². The number of aryl methyl sites for hydroxylation is 1. The molecular weight excluding hydrogens is 282 g/mol. The Morgan fingerprint density at radius 2 is 2.36 bits per heavy atom. The summed E-state index contributed by atoms with van der Waals surface area (Å²) in [4.78, 5) is 14.5. The molecule has 1 N–H and O–H groups in total. The zero-order chi connectivity index (χ0) is 15.4. The highest BCUT2D eigenvalue weighted by Crippen LogP contribution is 2.30. The summed E-state index contributed by atoms with van der Waals surface area (Å²) in [5, 5.41) is 10.7. The van der Waals surface area contributed by atoms with Crippen molar-refractivity contribution in [3.8, 4) is 0 Å². The van der Waals surface area contributed by atoms with Crippen molar-refractivity contribution in [2.45, 2.75) is 45.2 Å². The molecule has 22 heavy (non-hydrogen) atoms. The minimum absolute atomic E-state index is 0.0151. The van der Waals surface area contributed by atoms with Crippen molar-refractivity contribution in [3.63, 3.8) is 0 Å². The zero-order valence-corrected chi connectivity index (χ0v) is 12.7. The third-order valence-corrected chi connectivity index (χ3v) is 3.98. The minimum Gasteiger partial charge on any atom is -0.467 e. The number of nitrogens with one attached hydrogen (secondary N) is 1. The number of urea groups is 1. The van der Waals surface area contributed by atoms with Crippen LogP contribution in [0.3, 0.4) is 0 Å². The van der Waals surface area contributed by atoms with Gasteiger partial charge in [-0.15, -0.1) is 5.10 Å². The van der Waals surface area contributed by atoms with Crippen molar-refractivity contribution in [1.82, 2.24) is 19.9 Å². The molecule has 118 valence electrons. The van der Waals surface area contributed by atoms with Crippen molar-refractivity contribution in [1.29, 1.82) is 0 Å². The first kappa shape index (κ1) is 14.6. The van der Waals surface area contributed by atoms with E-state index in [0.29, 0.717) is 5.82 Å². The van der Waals surface area contributed by atoms with E-state index in [1.807, 2.05) is 24.0 Å². The lowest BCUT2D eigenvalue weighted by Gasteiger charge is -2.28. The Kier molecular flexibility index (Phi) is 4.41. The summed E-state index contributed by atoms with van der Waals surface area (Å²) in [5.41, 5.74) is 0. The van der Waals surface area contributed by atoms with Crippen LogP contribution >= 0.6 is 0 Å². The van der Waals surface area contributed by atoms with Crippen molar-refractivity contribution >= 4 is 11.8 Å². The van der Waals surface area contributed by atoms with Gasteiger partial charge in [0.1, 0.15) is 5.76 Å². The first-order chi connectivity index (χ1) is 10.8. The molecule has 0 spiro atoms. The Hall–Kier alpha value is -2.31. The number of nitrogens with zero attached hydrogens (tertiary/aromatic N) is 4. The maximum absolute atomic E-state index is 12.6. The fraction of sp³-hybridized carbons (Fsp3) is 0.533. The van der Waals surface area contributed by atoms with E-state index in [4.69, 9.17) is 4.42 Å². The molecule has 1 unspecified atom stereocenters. The van der Waals surface area contributed by atoms with Crippen molar-refractivity contribution < 1.29 is 9.21 Å². The number of furan rings is 1. The van der Waals surface area contributed by atoms with Crippen molar-refractivity contribution in [3.05, 3.63) is 30.4 Å². The molecule has 2 aromatic rings. The van der Waals surface area contributed by atoms with Crippen LogP contribution in [0.2, 0.25) is 0 Å². The van der Waals surface area contributed by atoms with Crippen LogP contribution in [0.5, 0.6) is 0 Å². The number of hydrogen-bond acceptors (Lipinski definition) is 4. The molecule has 2 aromatic heterocycles. The van der Waals surface area contributed by atoms with Crippen molar-refractivity contribution in [2.75, 3.05) is 11.9 Å². The van der Waals surface area contributed by atoms with Crippen molar-refractivity contribution in [2.24, 2.45) is 0 Å². The summed E-state index contributed by atoms with van der Waals surface area (Å²) in [6.07, 6.45) is 7.55. The molecule has 0 aromatic carbocycles. The molecule has 7 nitrogen and oxygen atoms in total. The summed E-state index contributed by atoms with van der Waals surface area (Å²) >= 11 is 0. The lowest BCUT2D eigenvalue weighted by molar-refractivity contribution is 0.179. The van der Waals surface area contributed by atoms with E-state index in [9.17, 15) is 4.79 Å². The van der Waals surface area contributed by atoms with E-state index in [1.165, 1.54) is 0 Å². The molecule has 3 heterocycles. The second-order valence-electron chi connectivity index (χ2n) is 5.46. The van der Waals surface area contributed by atoms with Gasteiger partial charge in [-0.05, 0) is 31.9 Å². The summed E-state index contributed by atoms with van der Waals surface area (Å²) in [6.45, 7) is 3.42. The molecular formula is C15H21N5O2. The quantitative estimate of drug-likeness (QED) is 0.945. The fourth-order valence-electron chi connectivity index (χ4n) is 2.82. The first-order valence-electron chi connectivity index (χ1n) is 7.79. The maximum atomic E-state index is 12.6. The van der Waals surface area contributed by atoms with Crippen LogP contribution in [0, 0.1) is 0 Å². The number of likely N-dealkylation sites (tertiary alicyclic amines) is 1. The largest absolute Gasteiger partial charge is 0.467 e. The maximum Gasteiger partial charge on any atom is 0.323 e. The molecule has 7 heteroatoms. The third kappa shape index (κ3) is 3.13. The summed E-state index contributed by atoms with van der Waals surface area (Å²) in [7, 11) is 0. The van der Waals surface area contributed by atoms with Gasteiger partial charge in [0.25, 0.3) is 0 Å². The van der Waals surface area contributed by atoms with E-state index in [1.54, 1.807) is 17.1 Å². The van der Waals surface area contributed by atoms with E-state index in [0.717, 1.165) is 44.5 Å². The Bertz CT molecular complexity index is 607. The molecule has 0 aliphatic carbocycles. The summed E-state index contributed by atoms with van der Waals surface area (Å²) in [5.74, 6) is 1.32. The van der Waals surface area contributed by atoms with Gasteiger partial charge in [0.05, 0.1) is 18.5 Å². The number of carbonyl (C=O) groups excluding carboxylic acids is 1. The highest BCUT2D eigenvalue weighted by atomic mass is 16.3. The zero-order valence-electron chi connectivity index (χ0n) is 12.7. The van der Waals surface area contributed by atoms with Gasteiger partial charge in [-0.3, -0.25) is 10.00 Å². The van der Waals surface area contributed by atoms with Crippen LogP contribution in [0.4, 0.5) is 10.6 Å². The van der Waals surface area contributed by atoms with Crippen LogP contribution in [0.1, 0.15) is 44.4 Å². The van der Waals surface area contributed by atoms with E-state index < -0.39 is 0 Å². The lowest BCUT2D eigenvalue weighted by atomic mass is 10.1. The number of aromatic nitrogens is 3. The molecule has 0 bridgehead atoms. The van der Waals surface area contributed by atoms with Crippen LogP contribution in [-0.4, -0.2) is 32.5 Å². The third-order valence-electron chi connectivity index (χ3n) is 3.98. The minimum atomic E-state index is -0.147. The Labute approximate surface area is 129 Å². The van der Waals surface area contributed by atoms with E-state index >= 15 is 0 Å². The summed E-state index contributed by atoms with van der Waals surface area (Å²) in [6, 6.07) is 3.64. The molecule has 1 saturated heterocycles. The Morgan fingerprint density at radius 3 is 3.09 bits per heavy atom. The van der Waals surface area contributed by atoms with Gasteiger partial charge < -0.3 is 9.32 Å². The normalized spacial score (nSPS) is 19.0. The SMILES string of the molecule is CCn1cc(NC(=O)N2CCCCCC2c2ccco2)nn1. The standard InChI is InChI=1S/C15H21N5O2/c1-2-19-11-14(17-18-19)16-15(21)20-9-5-3-4-7-12(20)13-8-6-10-22-13/h6,8,10-12H,2-5,7,9H2,1H3,(H,16,21). The van der Waals surface area contributed by atoms with E-state index in [2.05, 4.69) is 15.6 Å². The average molecular weight is 303 g/mol. The van der Waals surface area contributed by atoms with Gasteiger partial charge in [0.2, 0.25) is 0 Å². The monoisotopic (exact) mass is 303 g/mol. The second-order valence-corrected chi connectivity index (χ2v) is 5.46. The van der Waals surface area contributed by atoms with E-state index in [-0.39, 0.29) is 12.1 Å². The van der Waals surface area contributed by atoms with Gasteiger partial charge in [-0.2, -0.15) is 0 Å². The second kappa shape index (κ2) is 6.64. The predicted octanol–water partition coefficient (Wildman–Crippen LogP) is 3.04. The fourth-order valence-corrected chi connectivity index (χ4v) is 2.82. The molecule has 2 amide bonds. The smallest absolute Gasteiger partial charge is 0.323 e. The Balaban J connectivity index is 1.75.